The van der Waals surface area contributed by atoms with Crippen LogP contribution in [0.25, 0.3) is 0 Å². The summed E-state index contributed by atoms with van der Waals surface area (Å²) in [5.74, 6) is -0.455. The molecule has 2 aromatic rings. The van der Waals surface area contributed by atoms with E-state index in [1.807, 2.05) is 0 Å². The fraction of sp³-hybridized carbons (Fsp3) is 0.0625. The molecule has 6 heteroatoms. The number of nitrogens with one attached hydrogen (secondary N) is 1. The van der Waals surface area contributed by atoms with Gasteiger partial charge in [0.2, 0.25) is 5.91 Å². The van der Waals surface area contributed by atoms with Gasteiger partial charge in [-0.3, -0.25) is 14.4 Å². The number of benzene rings is 2. The molecule has 0 saturated carbocycles. The summed E-state index contributed by atoms with van der Waals surface area (Å²) in [4.78, 5) is 33.3. The minimum absolute atomic E-state index is 0.195. The van der Waals surface area contributed by atoms with E-state index in [9.17, 15) is 14.4 Å². The second kappa shape index (κ2) is 7.03. The second-order valence-corrected chi connectivity index (χ2v) is 4.47. The molecule has 6 nitrogen and oxygen atoms in total. The third-order valence-corrected chi connectivity index (χ3v) is 2.82. The number of ether oxygens (including phenoxy) is 1. The van der Waals surface area contributed by atoms with E-state index >= 15 is 0 Å². The van der Waals surface area contributed by atoms with Gasteiger partial charge in [0, 0.05) is 16.8 Å². The van der Waals surface area contributed by atoms with Crippen LogP contribution in [0.5, 0.6) is 5.75 Å². The zero-order chi connectivity index (χ0) is 15.9. The molecule has 3 N–H and O–H groups in total. The number of hydrogen-bond donors (Lipinski definition) is 2. The van der Waals surface area contributed by atoms with Crippen LogP contribution in [0.3, 0.4) is 0 Å². The lowest BCUT2D eigenvalue weighted by molar-refractivity contribution is -0.118. The number of rotatable bonds is 6. The largest absolute Gasteiger partial charge is 0.484 e. The lowest BCUT2D eigenvalue weighted by atomic mass is 10.2. The molecule has 0 saturated heterocycles. The number of primary amides is 1. The maximum atomic E-state index is 11.8. The molecule has 2 aromatic carbocycles. The van der Waals surface area contributed by atoms with Crippen molar-refractivity contribution in [1.82, 2.24) is 0 Å². The van der Waals surface area contributed by atoms with Crippen LogP contribution >= 0.6 is 0 Å². The normalized spacial score (nSPS) is 9.82. The Hall–Kier alpha value is -3.15. The Labute approximate surface area is 126 Å². The molecule has 0 unspecified atom stereocenters. The summed E-state index contributed by atoms with van der Waals surface area (Å²) in [6, 6.07) is 12.7. The van der Waals surface area contributed by atoms with E-state index in [0.717, 1.165) is 0 Å². The van der Waals surface area contributed by atoms with E-state index in [2.05, 4.69) is 5.32 Å². The summed E-state index contributed by atoms with van der Waals surface area (Å²) in [6.45, 7) is -0.195. The number of aldehydes is 1. The molecule has 2 amide bonds. The van der Waals surface area contributed by atoms with Crippen molar-refractivity contribution in [2.45, 2.75) is 0 Å². The highest BCUT2D eigenvalue weighted by atomic mass is 16.5. The number of carbonyl (C=O) groups is 3. The highest BCUT2D eigenvalue weighted by molar-refractivity contribution is 5.95. The first-order valence-electron chi connectivity index (χ1n) is 6.46. The second-order valence-electron chi connectivity index (χ2n) is 4.47. The van der Waals surface area contributed by atoms with E-state index in [4.69, 9.17) is 10.5 Å². The molecular weight excluding hydrogens is 284 g/mol. The van der Waals surface area contributed by atoms with Crippen molar-refractivity contribution in [3.8, 4) is 5.75 Å². The number of nitrogens with two attached hydrogens (primary N) is 1. The van der Waals surface area contributed by atoms with Crippen LogP contribution in [0.2, 0.25) is 0 Å². The predicted molar refractivity (Wildman–Crippen MR) is 80.9 cm³/mol. The number of amides is 2. The van der Waals surface area contributed by atoms with Crippen molar-refractivity contribution in [3.63, 3.8) is 0 Å². The van der Waals surface area contributed by atoms with Gasteiger partial charge >= 0.3 is 0 Å². The molecule has 0 fully saturated rings. The highest BCUT2D eigenvalue weighted by Gasteiger charge is 2.05. The van der Waals surface area contributed by atoms with Gasteiger partial charge in [-0.2, -0.15) is 0 Å². The van der Waals surface area contributed by atoms with E-state index in [1.165, 1.54) is 12.1 Å². The molecule has 2 rings (SSSR count). The third kappa shape index (κ3) is 4.17. The lowest BCUT2D eigenvalue weighted by Crippen LogP contribution is -2.20. The van der Waals surface area contributed by atoms with Crippen molar-refractivity contribution in [2.24, 2.45) is 5.73 Å². The topological polar surface area (TPSA) is 98.5 Å². The van der Waals surface area contributed by atoms with Crippen LogP contribution in [0, 0.1) is 0 Å². The average Bonchev–Trinajstić information content (AvgIpc) is 2.53. The SMILES string of the molecule is NC(=O)c1ccc(NC(=O)COc2cccc(C=O)c2)cc1. The summed E-state index contributed by atoms with van der Waals surface area (Å²) in [5, 5.41) is 2.62. The molecule has 0 aliphatic rings. The number of carbonyl (C=O) groups excluding carboxylic acids is 3. The van der Waals surface area contributed by atoms with Gasteiger partial charge in [-0.15, -0.1) is 0 Å². The molecular formula is C16H14N2O4. The van der Waals surface area contributed by atoms with Gasteiger partial charge in [-0.25, -0.2) is 0 Å². The molecule has 22 heavy (non-hydrogen) atoms. The third-order valence-electron chi connectivity index (χ3n) is 2.82. The first-order chi connectivity index (χ1) is 10.6. The molecule has 112 valence electrons. The van der Waals surface area contributed by atoms with Gasteiger partial charge in [0.15, 0.2) is 6.61 Å². The molecule has 0 aromatic heterocycles. The Morgan fingerprint density at radius 1 is 1.14 bits per heavy atom. The predicted octanol–water partition coefficient (Wildman–Crippen LogP) is 1.62. The summed E-state index contributed by atoms with van der Waals surface area (Å²) >= 11 is 0. The Kier molecular flexibility index (Phi) is 4.87. The molecule has 0 aliphatic heterocycles. The van der Waals surface area contributed by atoms with Crippen LogP contribution in [0.1, 0.15) is 20.7 Å². The molecule has 0 heterocycles. The smallest absolute Gasteiger partial charge is 0.262 e. The molecule has 0 bridgehead atoms. The van der Waals surface area contributed by atoms with Crippen molar-refractivity contribution in [3.05, 3.63) is 59.7 Å². The van der Waals surface area contributed by atoms with Gasteiger partial charge in [0.1, 0.15) is 12.0 Å². The fourth-order valence-electron chi connectivity index (χ4n) is 1.74. The van der Waals surface area contributed by atoms with E-state index < -0.39 is 5.91 Å². The fourth-order valence-corrected chi connectivity index (χ4v) is 1.74. The van der Waals surface area contributed by atoms with Gasteiger partial charge in [-0.1, -0.05) is 12.1 Å². The standard InChI is InChI=1S/C16H14N2O4/c17-16(21)12-4-6-13(7-5-12)18-15(20)10-22-14-3-1-2-11(8-14)9-19/h1-9H,10H2,(H2,17,21)(H,18,20). The van der Waals surface area contributed by atoms with Crippen molar-refractivity contribution in [1.29, 1.82) is 0 Å². The van der Waals surface area contributed by atoms with Crippen LogP contribution in [0.15, 0.2) is 48.5 Å². The summed E-state index contributed by atoms with van der Waals surface area (Å²) in [5.41, 5.74) is 6.49. The molecule has 0 spiro atoms. The minimum atomic E-state index is -0.531. The van der Waals surface area contributed by atoms with Crippen LogP contribution < -0.4 is 15.8 Å². The minimum Gasteiger partial charge on any atom is -0.484 e. The number of hydrogen-bond acceptors (Lipinski definition) is 4. The summed E-state index contributed by atoms with van der Waals surface area (Å²) < 4.78 is 5.30. The van der Waals surface area contributed by atoms with Crippen LogP contribution in [0.4, 0.5) is 5.69 Å². The molecule has 0 atom stereocenters. The Morgan fingerprint density at radius 3 is 2.50 bits per heavy atom. The van der Waals surface area contributed by atoms with Gasteiger partial charge in [0.05, 0.1) is 0 Å². The highest BCUT2D eigenvalue weighted by Crippen LogP contribution is 2.12. The molecule has 0 radical (unpaired) electrons. The zero-order valence-corrected chi connectivity index (χ0v) is 11.6. The maximum Gasteiger partial charge on any atom is 0.262 e. The van der Waals surface area contributed by atoms with Gasteiger partial charge in [-0.05, 0) is 36.4 Å². The number of anilines is 1. The Bertz CT molecular complexity index is 696. The first kappa shape index (κ1) is 15.2. The lowest BCUT2D eigenvalue weighted by Gasteiger charge is -2.08. The van der Waals surface area contributed by atoms with Gasteiger partial charge < -0.3 is 15.8 Å². The van der Waals surface area contributed by atoms with Crippen LogP contribution in [-0.2, 0) is 4.79 Å². The Balaban J connectivity index is 1.89. The van der Waals surface area contributed by atoms with E-state index in [0.29, 0.717) is 28.8 Å². The maximum absolute atomic E-state index is 11.8. The quantitative estimate of drug-likeness (QED) is 0.791. The average molecular weight is 298 g/mol. The van der Waals surface area contributed by atoms with Crippen molar-refractivity contribution >= 4 is 23.8 Å². The zero-order valence-electron chi connectivity index (χ0n) is 11.6. The van der Waals surface area contributed by atoms with Crippen molar-refractivity contribution < 1.29 is 19.1 Å². The first-order valence-corrected chi connectivity index (χ1v) is 6.46. The van der Waals surface area contributed by atoms with Crippen LogP contribution in [-0.4, -0.2) is 24.7 Å². The Morgan fingerprint density at radius 2 is 1.86 bits per heavy atom. The van der Waals surface area contributed by atoms with Crippen molar-refractivity contribution in [2.75, 3.05) is 11.9 Å². The monoisotopic (exact) mass is 298 g/mol. The van der Waals surface area contributed by atoms with Gasteiger partial charge in [0.25, 0.3) is 5.91 Å². The van der Waals surface area contributed by atoms with E-state index in [-0.39, 0.29) is 12.5 Å². The molecule has 0 aliphatic carbocycles. The van der Waals surface area contributed by atoms with E-state index in [1.54, 1.807) is 36.4 Å². The summed E-state index contributed by atoms with van der Waals surface area (Å²) in [7, 11) is 0. The summed E-state index contributed by atoms with van der Waals surface area (Å²) in [6.07, 6.45) is 0.702.